The van der Waals surface area contributed by atoms with Crippen LogP contribution in [0.25, 0.3) is 0 Å². The number of carbonyl (C=O) groups excluding carboxylic acids is 1. The zero-order valence-electron chi connectivity index (χ0n) is 13.3. The van der Waals surface area contributed by atoms with E-state index in [2.05, 4.69) is 27.3 Å². The van der Waals surface area contributed by atoms with E-state index in [1.54, 1.807) is 23.1 Å². The van der Waals surface area contributed by atoms with Gasteiger partial charge in [-0.05, 0) is 30.9 Å². The Bertz CT molecular complexity index is 635. The van der Waals surface area contributed by atoms with Gasteiger partial charge < -0.3 is 10.2 Å². The number of nitrogens with zero attached hydrogens (tertiary/aromatic N) is 2. The molecule has 0 fully saturated rings. The molecule has 22 heavy (non-hydrogen) atoms. The zero-order valence-corrected chi connectivity index (χ0v) is 15.0. The highest BCUT2D eigenvalue weighted by atomic mass is 32.2. The molecule has 0 atom stereocenters. The minimum atomic E-state index is 0.0380. The number of amides is 1. The van der Waals surface area contributed by atoms with Crippen LogP contribution in [-0.2, 0) is 17.8 Å². The van der Waals surface area contributed by atoms with Crippen molar-refractivity contribution in [1.82, 2.24) is 10.3 Å². The molecule has 0 radical (unpaired) electrons. The van der Waals surface area contributed by atoms with Crippen LogP contribution in [0.5, 0.6) is 0 Å². The summed E-state index contributed by atoms with van der Waals surface area (Å²) in [4.78, 5) is 19.6. The minimum Gasteiger partial charge on any atom is -0.378 e. The van der Waals surface area contributed by atoms with E-state index in [0.29, 0.717) is 13.0 Å². The predicted molar refractivity (Wildman–Crippen MR) is 95.0 cm³/mol. The Hall–Kier alpha value is -1.53. The topological polar surface area (TPSA) is 45.2 Å². The molecule has 0 saturated carbocycles. The smallest absolute Gasteiger partial charge is 0.225 e. The molecule has 2 rings (SSSR count). The molecular weight excluding hydrogens is 314 g/mol. The van der Waals surface area contributed by atoms with Crippen LogP contribution >= 0.6 is 23.1 Å². The predicted octanol–water partition coefficient (Wildman–Crippen LogP) is 3.10. The van der Waals surface area contributed by atoms with Crippen molar-refractivity contribution < 1.29 is 4.79 Å². The number of aromatic nitrogens is 1. The van der Waals surface area contributed by atoms with Gasteiger partial charge in [-0.25, -0.2) is 4.98 Å². The van der Waals surface area contributed by atoms with Crippen molar-refractivity contribution in [1.29, 1.82) is 0 Å². The van der Waals surface area contributed by atoms with Gasteiger partial charge in [-0.3, -0.25) is 4.79 Å². The summed E-state index contributed by atoms with van der Waals surface area (Å²) in [5.41, 5.74) is 3.21. The molecule has 2 aromatic rings. The Balaban J connectivity index is 1.88. The highest BCUT2D eigenvalue weighted by molar-refractivity contribution is 8.00. The van der Waals surface area contributed by atoms with Crippen LogP contribution in [0.15, 0.2) is 28.6 Å². The first kappa shape index (κ1) is 16.8. The van der Waals surface area contributed by atoms with Gasteiger partial charge in [0.2, 0.25) is 5.91 Å². The highest BCUT2D eigenvalue weighted by Crippen LogP contribution is 2.25. The van der Waals surface area contributed by atoms with E-state index in [-0.39, 0.29) is 5.91 Å². The van der Waals surface area contributed by atoms with Gasteiger partial charge in [-0.2, -0.15) is 0 Å². The number of thiazole rings is 1. The van der Waals surface area contributed by atoms with E-state index in [9.17, 15) is 4.79 Å². The Morgan fingerprint density at radius 2 is 2.00 bits per heavy atom. The van der Waals surface area contributed by atoms with E-state index >= 15 is 0 Å². The van der Waals surface area contributed by atoms with Gasteiger partial charge in [0.25, 0.3) is 0 Å². The van der Waals surface area contributed by atoms with Crippen molar-refractivity contribution in [2.75, 3.05) is 25.3 Å². The fourth-order valence-electron chi connectivity index (χ4n) is 1.97. The quantitative estimate of drug-likeness (QED) is 0.824. The number of carbonyl (C=O) groups is 1. The van der Waals surface area contributed by atoms with Gasteiger partial charge in [0.05, 0.1) is 12.1 Å². The summed E-state index contributed by atoms with van der Waals surface area (Å²) in [6, 6.07) is 8.19. The van der Waals surface area contributed by atoms with Crippen LogP contribution in [0.1, 0.15) is 16.1 Å². The van der Waals surface area contributed by atoms with E-state index < -0.39 is 0 Å². The Morgan fingerprint density at radius 1 is 1.32 bits per heavy atom. The number of thioether (sulfide) groups is 1. The monoisotopic (exact) mass is 335 g/mol. The van der Waals surface area contributed by atoms with Gasteiger partial charge in [-0.1, -0.05) is 23.9 Å². The SMILES string of the molecule is CSc1nc(C)c(CC(=O)NCc2ccc(N(C)C)cc2)s1. The molecule has 0 aliphatic carbocycles. The number of aryl methyl sites for hydroxylation is 1. The first-order valence-corrected chi connectivity index (χ1v) is 9.07. The van der Waals surface area contributed by atoms with Crippen LogP contribution in [0.3, 0.4) is 0 Å². The maximum absolute atomic E-state index is 12.1. The van der Waals surface area contributed by atoms with Gasteiger partial charge in [0.1, 0.15) is 4.34 Å². The number of hydrogen-bond acceptors (Lipinski definition) is 5. The largest absolute Gasteiger partial charge is 0.378 e. The van der Waals surface area contributed by atoms with Crippen molar-refractivity contribution in [2.45, 2.75) is 24.2 Å². The van der Waals surface area contributed by atoms with E-state index in [1.807, 2.05) is 39.4 Å². The van der Waals surface area contributed by atoms with Crippen LogP contribution in [0, 0.1) is 6.92 Å². The summed E-state index contributed by atoms with van der Waals surface area (Å²) in [6.45, 7) is 2.51. The molecule has 1 N–H and O–H groups in total. The highest BCUT2D eigenvalue weighted by Gasteiger charge is 2.11. The van der Waals surface area contributed by atoms with Crippen molar-refractivity contribution >= 4 is 34.7 Å². The summed E-state index contributed by atoms with van der Waals surface area (Å²) in [6.07, 6.45) is 2.40. The van der Waals surface area contributed by atoms with E-state index in [1.165, 1.54) is 0 Å². The first-order valence-electron chi connectivity index (χ1n) is 7.03. The van der Waals surface area contributed by atoms with Gasteiger partial charge in [0.15, 0.2) is 0 Å². The Morgan fingerprint density at radius 3 is 2.55 bits per heavy atom. The number of benzene rings is 1. The fourth-order valence-corrected chi connectivity index (χ4v) is 3.63. The molecule has 1 aromatic carbocycles. The summed E-state index contributed by atoms with van der Waals surface area (Å²) in [5, 5.41) is 2.97. The van der Waals surface area contributed by atoms with Crippen LogP contribution in [0.4, 0.5) is 5.69 Å². The summed E-state index contributed by atoms with van der Waals surface area (Å²) >= 11 is 3.22. The number of nitrogens with one attached hydrogen (secondary N) is 1. The van der Waals surface area contributed by atoms with Crippen molar-refractivity contribution in [3.8, 4) is 0 Å². The molecular formula is C16H21N3OS2. The van der Waals surface area contributed by atoms with Crippen molar-refractivity contribution in [3.05, 3.63) is 40.4 Å². The van der Waals surface area contributed by atoms with Gasteiger partial charge in [-0.15, -0.1) is 11.3 Å². The third-order valence-corrected chi connectivity index (χ3v) is 5.45. The minimum absolute atomic E-state index is 0.0380. The molecule has 1 amide bonds. The molecule has 0 aliphatic rings. The average molecular weight is 335 g/mol. The lowest BCUT2D eigenvalue weighted by Crippen LogP contribution is -2.24. The zero-order chi connectivity index (χ0) is 16.1. The molecule has 6 heteroatoms. The second-order valence-electron chi connectivity index (χ2n) is 5.21. The lowest BCUT2D eigenvalue weighted by atomic mass is 10.2. The molecule has 0 unspecified atom stereocenters. The third kappa shape index (κ3) is 4.48. The maximum Gasteiger partial charge on any atom is 0.225 e. The number of hydrogen-bond donors (Lipinski definition) is 1. The van der Waals surface area contributed by atoms with Crippen LogP contribution in [-0.4, -0.2) is 31.2 Å². The average Bonchev–Trinajstić information content (AvgIpc) is 2.86. The maximum atomic E-state index is 12.1. The lowest BCUT2D eigenvalue weighted by Gasteiger charge is -2.12. The molecule has 118 valence electrons. The molecule has 1 aromatic heterocycles. The third-order valence-electron chi connectivity index (χ3n) is 3.31. The first-order chi connectivity index (χ1) is 10.5. The summed E-state index contributed by atoms with van der Waals surface area (Å²) in [7, 11) is 4.02. The molecule has 0 bridgehead atoms. The van der Waals surface area contributed by atoms with Gasteiger partial charge >= 0.3 is 0 Å². The molecule has 0 saturated heterocycles. The van der Waals surface area contributed by atoms with E-state index in [0.717, 1.165) is 26.2 Å². The molecule has 1 heterocycles. The summed E-state index contributed by atoms with van der Waals surface area (Å²) in [5.74, 6) is 0.0380. The number of anilines is 1. The van der Waals surface area contributed by atoms with Crippen molar-refractivity contribution in [3.63, 3.8) is 0 Å². The second kappa shape index (κ2) is 7.65. The number of rotatable bonds is 6. The van der Waals surface area contributed by atoms with Gasteiger partial charge in [0, 0.05) is 31.2 Å². The van der Waals surface area contributed by atoms with E-state index in [4.69, 9.17) is 0 Å². The molecule has 0 aliphatic heterocycles. The van der Waals surface area contributed by atoms with Crippen molar-refractivity contribution in [2.24, 2.45) is 0 Å². The fraction of sp³-hybridized carbons (Fsp3) is 0.375. The lowest BCUT2D eigenvalue weighted by molar-refractivity contribution is -0.120. The van der Waals surface area contributed by atoms with Crippen LogP contribution < -0.4 is 10.2 Å². The Labute approximate surface area is 139 Å². The normalized spacial score (nSPS) is 10.5. The van der Waals surface area contributed by atoms with Crippen LogP contribution in [0.2, 0.25) is 0 Å². The second-order valence-corrected chi connectivity index (χ2v) is 7.34. The summed E-state index contributed by atoms with van der Waals surface area (Å²) < 4.78 is 1.01. The standard InChI is InChI=1S/C16H21N3OS2/c1-11-14(22-16(18-11)21-4)9-15(20)17-10-12-5-7-13(8-6-12)19(2)3/h5-8H,9-10H2,1-4H3,(H,17,20). The molecule has 4 nitrogen and oxygen atoms in total. The molecule has 0 spiro atoms. The Kier molecular flexibility index (Phi) is 5.85.